The van der Waals surface area contributed by atoms with Gasteiger partial charge in [0.15, 0.2) is 0 Å². The van der Waals surface area contributed by atoms with Crippen LogP contribution in [0.25, 0.3) is 0 Å². The molecule has 3 nitrogen and oxygen atoms in total. The number of benzene rings is 1. The quantitative estimate of drug-likeness (QED) is 0.855. The summed E-state index contributed by atoms with van der Waals surface area (Å²) in [4.78, 5) is 12.6. The summed E-state index contributed by atoms with van der Waals surface area (Å²) in [5.41, 5.74) is 0.849. The predicted molar refractivity (Wildman–Crippen MR) is 87.0 cm³/mol. The van der Waals surface area contributed by atoms with Crippen molar-refractivity contribution < 1.29 is 4.79 Å². The second kappa shape index (κ2) is 7.09. The number of halogens is 1. The molecule has 1 amide bonds. The lowest BCUT2D eigenvalue weighted by Gasteiger charge is -2.30. The van der Waals surface area contributed by atoms with Gasteiger partial charge in [-0.25, -0.2) is 0 Å². The number of hydrogen-bond donors (Lipinski definition) is 1. The summed E-state index contributed by atoms with van der Waals surface area (Å²) in [5.74, 6) is -0.143. The third-order valence-electron chi connectivity index (χ3n) is 4.29. The van der Waals surface area contributed by atoms with Crippen LogP contribution in [0.1, 0.15) is 60.9 Å². The van der Waals surface area contributed by atoms with Crippen LogP contribution in [0.5, 0.6) is 0 Å². The molecule has 21 heavy (non-hydrogen) atoms. The van der Waals surface area contributed by atoms with Crippen LogP contribution in [0.4, 0.5) is 0 Å². The molecule has 1 aliphatic rings. The van der Waals surface area contributed by atoms with Crippen LogP contribution in [0.2, 0.25) is 0 Å². The molecule has 1 N–H and O–H groups in total. The van der Waals surface area contributed by atoms with Gasteiger partial charge < -0.3 is 5.32 Å². The molecule has 0 unspecified atom stereocenters. The topological polar surface area (TPSA) is 52.9 Å². The van der Waals surface area contributed by atoms with E-state index in [0.717, 1.165) is 48.6 Å². The van der Waals surface area contributed by atoms with E-state index in [4.69, 9.17) is 0 Å². The second-order valence-electron chi connectivity index (χ2n) is 5.83. The minimum atomic E-state index is -0.702. The van der Waals surface area contributed by atoms with E-state index in [-0.39, 0.29) is 5.91 Å². The van der Waals surface area contributed by atoms with E-state index in [9.17, 15) is 10.1 Å². The summed E-state index contributed by atoms with van der Waals surface area (Å²) >= 11 is 3.45. The summed E-state index contributed by atoms with van der Waals surface area (Å²) in [7, 11) is 0. The molecule has 0 spiro atoms. The predicted octanol–water partition coefficient (Wildman–Crippen LogP) is 4.49. The van der Waals surface area contributed by atoms with E-state index >= 15 is 0 Å². The Morgan fingerprint density at radius 3 is 2.48 bits per heavy atom. The maximum Gasteiger partial charge on any atom is 0.252 e. The Kier molecular flexibility index (Phi) is 5.41. The van der Waals surface area contributed by atoms with Gasteiger partial charge in [0.2, 0.25) is 0 Å². The van der Waals surface area contributed by atoms with E-state index < -0.39 is 5.54 Å². The maximum atomic E-state index is 12.6. The van der Waals surface area contributed by atoms with Crippen LogP contribution in [-0.4, -0.2) is 11.4 Å². The number of nitriles is 1. The molecule has 112 valence electrons. The van der Waals surface area contributed by atoms with Gasteiger partial charge in [-0.1, -0.05) is 54.1 Å². The highest BCUT2D eigenvalue weighted by atomic mass is 79.9. The van der Waals surface area contributed by atoms with Crippen molar-refractivity contribution in [2.24, 2.45) is 0 Å². The van der Waals surface area contributed by atoms with Crippen molar-refractivity contribution in [2.75, 3.05) is 0 Å². The highest BCUT2D eigenvalue weighted by Crippen LogP contribution is 2.27. The van der Waals surface area contributed by atoms with Gasteiger partial charge in [-0.2, -0.15) is 5.26 Å². The molecule has 1 aromatic carbocycles. The Morgan fingerprint density at radius 1 is 1.24 bits per heavy atom. The molecule has 4 heteroatoms. The first-order chi connectivity index (χ1) is 10.1. The van der Waals surface area contributed by atoms with E-state index in [0.29, 0.717) is 5.56 Å². The summed E-state index contributed by atoms with van der Waals surface area (Å²) < 4.78 is 0.916. The van der Waals surface area contributed by atoms with Crippen LogP contribution in [0.3, 0.4) is 0 Å². The molecule has 1 aliphatic carbocycles. The molecule has 0 aliphatic heterocycles. The van der Waals surface area contributed by atoms with Gasteiger partial charge in [0.05, 0.1) is 6.07 Å². The molecule has 1 fully saturated rings. The molecule has 1 aromatic rings. The minimum Gasteiger partial charge on any atom is -0.334 e. The molecule has 0 aromatic heterocycles. The van der Waals surface area contributed by atoms with Gasteiger partial charge in [-0.05, 0) is 37.5 Å². The lowest BCUT2D eigenvalue weighted by atomic mass is 9.84. The number of amides is 1. The van der Waals surface area contributed by atoms with E-state index in [1.54, 1.807) is 0 Å². The average molecular weight is 349 g/mol. The van der Waals surface area contributed by atoms with Crippen molar-refractivity contribution in [1.29, 1.82) is 5.26 Å². The molecule has 1 saturated carbocycles. The van der Waals surface area contributed by atoms with Crippen molar-refractivity contribution in [2.45, 2.75) is 57.4 Å². The molecule has 0 bridgehead atoms. The van der Waals surface area contributed by atoms with Crippen LogP contribution in [0.15, 0.2) is 22.7 Å². The van der Waals surface area contributed by atoms with Gasteiger partial charge in [0.25, 0.3) is 5.91 Å². The van der Waals surface area contributed by atoms with E-state index in [1.807, 2.05) is 25.1 Å². The molecule has 0 saturated heterocycles. The van der Waals surface area contributed by atoms with E-state index in [2.05, 4.69) is 27.3 Å². The zero-order valence-electron chi connectivity index (χ0n) is 12.4. The first kappa shape index (κ1) is 16.0. The van der Waals surface area contributed by atoms with Crippen molar-refractivity contribution >= 4 is 21.8 Å². The van der Waals surface area contributed by atoms with Gasteiger partial charge in [-0.3, -0.25) is 4.79 Å². The molecule has 0 radical (unpaired) electrons. The molecule has 0 heterocycles. The average Bonchev–Trinajstić information content (AvgIpc) is 2.45. The van der Waals surface area contributed by atoms with Crippen LogP contribution in [0, 0.1) is 18.3 Å². The second-order valence-corrected chi connectivity index (χ2v) is 6.68. The van der Waals surface area contributed by atoms with Gasteiger partial charge in [0.1, 0.15) is 5.54 Å². The lowest BCUT2D eigenvalue weighted by molar-refractivity contribution is 0.0907. The fourth-order valence-electron chi connectivity index (χ4n) is 2.91. The van der Waals surface area contributed by atoms with Crippen LogP contribution >= 0.6 is 15.9 Å². The van der Waals surface area contributed by atoms with Crippen LogP contribution < -0.4 is 5.32 Å². The summed E-state index contributed by atoms with van der Waals surface area (Å²) in [6, 6.07) is 7.95. The van der Waals surface area contributed by atoms with Gasteiger partial charge >= 0.3 is 0 Å². The SMILES string of the molecule is Cc1c(Br)cccc1C(=O)NC1(C#N)CCCCCCC1. The van der Waals surface area contributed by atoms with Crippen LogP contribution in [-0.2, 0) is 0 Å². The number of nitrogens with zero attached hydrogens (tertiary/aromatic N) is 1. The van der Waals surface area contributed by atoms with E-state index in [1.165, 1.54) is 6.42 Å². The third kappa shape index (κ3) is 3.85. The summed E-state index contributed by atoms with van der Waals surface area (Å²) in [6.45, 7) is 1.91. The fourth-order valence-corrected chi connectivity index (χ4v) is 3.28. The van der Waals surface area contributed by atoms with Crippen molar-refractivity contribution in [3.8, 4) is 6.07 Å². The highest BCUT2D eigenvalue weighted by molar-refractivity contribution is 9.10. The third-order valence-corrected chi connectivity index (χ3v) is 5.15. The number of hydrogen-bond acceptors (Lipinski definition) is 2. The maximum absolute atomic E-state index is 12.6. The fraction of sp³-hybridized carbons (Fsp3) is 0.529. The molecule has 0 atom stereocenters. The Bertz CT molecular complexity index is 554. The minimum absolute atomic E-state index is 0.143. The lowest BCUT2D eigenvalue weighted by Crippen LogP contribution is -2.47. The summed E-state index contributed by atoms with van der Waals surface area (Å²) in [5, 5.41) is 12.6. The van der Waals surface area contributed by atoms with Gasteiger partial charge in [0, 0.05) is 10.0 Å². The standard InChI is InChI=1S/C17H21BrN2O/c1-13-14(8-7-9-15(13)18)16(21)20-17(12-19)10-5-3-2-4-6-11-17/h7-9H,2-6,10-11H2,1H3,(H,20,21). The first-order valence-corrected chi connectivity index (χ1v) is 8.36. The first-order valence-electron chi connectivity index (χ1n) is 7.57. The normalized spacial score (nSPS) is 18.1. The zero-order chi connectivity index (χ0) is 15.3. The Labute approximate surface area is 134 Å². The smallest absolute Gasteiger partial charge is 0.252 e. The van der Waals surface area contributed by atoms with Crippen molar-refractivity contribution in [1.82, 2.24) is 5.32 Å². The van der Waals surface area contributed by atoms with Crippen molar-refractivity contribution in [3.63, 3.8) is 0 Å². The monoisotopic (exact) mass is 348 g/mol. The Balaban J connectivity index is 2.19. The number of rotatable bonds is 2. The Hall–Kier alpha value is -1.34. The number of carbonyl (C=O) groups is 1. The van der Waals surface area contributed by atoms with Gasteiger partial charge in [-0.15, -0.1) is 0 Å². The molecular weight excluding hydrogens is 328 g/mol. The highest BCUT2D eigenvalue weighted by Gasteiger charge is 2.32. The van der Waals surface area contributed by atoms with Crippen molar-refractivity contribution in [3.05, 3.63) is 33.8 Å². The molecular formula is C17H21BrN2O. The summed E-state index contributed by atoms with van der Waals surface area (Å²) in [6.07, 6.45) is 7.05. The number of nitrogens with one attached hydrogen (secondary N) is 1. The Morgan fingerprint density at radius 2 is 1.86 bits per heavy atom. The molecule has 2 rings (SSSR count). The number of carbonyl (C=O) groups excluding carboxylic acids is 1. The largest absolute Gasteiger partial charge is 0.334 e. The zero-order valence-corrected chi connectivity index (χ0v) is 14.0.